The van der Waals surface area contributed by atoms with Gasteiger partial charge in [0.15, 0.2) is 0 Å². The number of halogens is 1. The second-order valence-electron chi connectivity index (χ2n) is 2.76. The molecule has 0 spiro atoms. The molecule has 0 atom stereocenters. The maximum absolute atomic E-state index is 5.77. The van der Waals surface area contributed by atoms with Gasteiger partial charge in [-0.3, -0.25) is 0 Å². The monoisotopic (exact) mass is 212 g/mol. The molecule has 13 heavy (non-hydrogen) atoms. The van der Waals surface area contributed by atoms with Crippen LogP contribution < -0.4 is 0 Å². The Morgan fingerprint density at radius 3 is 3.00 bits per heavy atom. The summed E-state index contributed by atoms with van der Waals surface area (Å²) >= 11 is 7.42. The van der Waals surface area contributed by atoms with Crippen LogP contribution in [0.25, 0.3) is 10.6 Å². The third-order valence-corrected chi connectivity index (χ3v) is 3.49. The summed E-state index contributed by atoms with van der Waals surface area (Å²) in [6.07, 6.45) is 3.84. The summed E-state index contributed by atoms with van der Waals surface area (Å²) < 4.78 is 0. The number of alkyl halides is 1. The van der Waals surface area contributed by atoms with Crippen LogP contribution in [-0.2, 0) is 5.88 Å². The fourth-order valence-corrected chi connectivity index (χ4v) is 2.40. The van der Waals surface area contributed by atoms with Gasteiger partial charge in [0.1, 0.15) is 5.01 Å². The molecule has 68 valence electrons. The van der Waals surface area contributed by atoms with Crippen molar-refractivity contribution >= 4 is 22.9 Å². The minimum absolute atomic E-state index is 0.550. The van der Waals surface area contributed by atoms with Crippen molar-refractivity contribution in [3.63, 3.8) is 0 Å². The van der Waals surface area contributed by atoms with Gasteiger partial charge < -0.3 is 4.98 Å². The van der Waals surface area contributed by atoms with Crippen molar-refractivity contribution in [2.24, 2.45) is 0 Å². The van der Waals surface area contributed by atoms with Gasteiger partial charge in [0.25, 0.3) is 0 Å². The summed E-state index contributed by atoms with van der Waals surface area (Å²) in [7, 11) is 0. The molecular weight excluding hydrogens is 204 g/mol. The normalized spacial score (nSPS) is 10.6. The molecule has 0 saturated carbocycles. The highest BCUT2D eigenvalue weighted by Crippen LogP contribution is 2.28. The lowest BCUT2D eigenvalue weighted by Crippen LogP contribution is -1.76. The van der Waals surface area contributed by atoms with Crippen LogP contribution in [-0.4, -0.2) is 9.97 Å². The smallest absolute Gasteiger partial charge is 0.125 e. The Labute approximate surface area is 85.6 Å². The van der Waals surface area contributed by atoms with Crippen LogP contribution in [0.5, 0.6) is 0 Å². The predicted molar refractivity (Wildman–Crippen MR) is 56.2 cm³/mol. The largest absolute Gasteiger partial charge is 0.367 e. The summed E-state index contributed by atoms with van der Waals surface area (Å²) in [4.78, 5) is 8.60. The van der Waals surface area contributed by atoms with Crippen molar-refractivity contribution in [2.45, 2.75) is 12.8 Å². The molecule has 0 aliphatic rings. The molecule has 1 N–H and O–H groups in total. The van der Waals surface area contributed by atoms with Crippen molar-refractivity contribution in [3.8, 4) is 10.6 Å². The van der Waals surface area contributed by atoms with Gasteiger partial charge in [0, 0.05) is 22.8 Å². The number of nitrogens with zero attached hydrogens (tertiary/aromatic N) is 1. The molecule has 0 bridgehead atoms. The van der Waals surface area contributed by atoms with Gasteiger partial charge in [0.05, 0.1) is 11.6 Å². The van der Waals surface area contributed by atoms with E-state index in [1.807, 2.05) is 25.4 Å². The van der Waals surface area contributed by atoms with Crippen LogP contribution in [0.2, 0.25) is 0 Å². The van der Waals surface area contributed by atoms with Crippen molar-refractivity contribution in [1.82, 2.24) is 9.97 Å². The minimum atomic E-state index is 0.550. The van der Waals surface area contributed by atoms with E-state index in [2.05, 4.69) is 9.97 Å². The van der Waals surface area contributed by atoms with Crippen LogP contribution >= 0.6 is 22.9 Å². The summed E-state index contributed by atoms with van der Waals surface area (Å²) in [5, 5.41) is 1.04. The van der Waals surface area contributed by atoms with Crippen LogP contribution in [0.1, 0.15) is 10.6 Å². The number of nitrogens with one attached hydrogen (secondary N) is 1. The number of aryl methyl sites for hydroxylation is 1. The Bertz CT molecular complexity index is 392. The standard InChI is InChI=1S/C9H9ClN2S/c1-6-8(4-10)13-9(12-6)7-2-3-11-5-7/h2-3,5,11H,4H2,1H3. The van der Waals surface area contributed by atoms with Gasteiger partial charge in [-0.1, -0.05) is 0 Å². The molecule has 2 aromatic heterocycles. The van der Waals surface area contributed by atoms with Gasteiger partial charge in [-0.15, -0.1) is 22.9 Å². The lowest BCUT2D eigenvalue weighted by Gasteiger charge is -1.85. The predicted octanol–water partition coefficient (Wildman–Crippen LogP) is 3.19. The molecule has 2 nitrogen and oxygen atoms in total. The zero-order valence-corrected chi connectivity index (χ0v) is 8.75. The first-order valence-corrected chi connectivity index (χ1v) is 5.32. The Hall–Kier alpha value is -0.800. The molecule has 2 heterocycles. The van der Waals surface area contributed by atoms with Crippen molar-refractivity contribution in [1.29, 1.82) is 0 Å². The van der Waals surface area contributed by atoms with Gasteiger partial charge in [0.2, 0.25) is 0 Å². The Balaban J connectivity index is 2.43. The summed E-state index contributed by atoms with van der Waals surface area (Å²) in [6.45, 7) is 1.99. The zero-order valence-electron chi connectivity index (χ0n) is 7.17. The highest BCUT2D eigenvalue weighted by atomic mass is 35.5. The van der Waals surface area contributed by atoms with Crippen molar-refractivity contribution < 1.29 is 0 Å². The van der Waals surface area contributed by atoms with Gasteiger partial charge in [-0.05, 0) is 13.0 Å². The molecule has 0 fully saturated rings. The molecule has 0 unspecified atom stereocenters. The highest BCUT2D eigenvalue weighted by Gasteiger charge is 2.07. The number of H-pyrrole nitrogens is 1. The number of aromatic amines is 1. The average Bonchev–Trinajstić information content (AvgIpc) is 2.71. The lowest BCUT2D eigenvalue weighted by molar-refractivity contribution is 1.22. The lowest BCUT2D eigenvalue weighted by atomic mass is 10.3. The molecule has 0 radical (unpaired) electrons. The average molecular weight is 213 g/mol. The van der Waals surface area contributed by atoms with E-state index in [1.165, 1.54) is 0 Å². The third-order valence-electron chi connectivity index (χ3n) is 1.86. The second-order valence-corrected chi connectivity index (χ2v) is 4.11. The van der Waals surface area contributed by atoms with Crippen LogP contribution in [0.4, 0.5) is 0 Å². The summed E-state index contributed by atoms with van der Waals surface area (Å²) in [5.41, 5.74) is 2.17. The first-order chi connectivity index (χ1) is 6.31. The van der Waals surface area contributed by atoms with Gasteiger partial charge >= 0.3 is 0 Å². The first-order valence-electron chi connectivity index (χ1n) is 3.96. The number of thiazole rings is 1. The molecule has 0 aliphatic carbocycles. The van der Waals surface area contributed by atoms with E-state index in [9.17, 15) is 0 Å². The molecule has 0 saturated heterocycles. The fraction of sp³-hybridized carbons (Fsp3) is 0.222. The van der Waals surface area contributed by atoms with E-state index >= 15 is 0 Å². The number of aromatic nitrogens is 2. The summed E-state index contributed by atoms with van der Waals surface area (Å²) in [5.74, 6) is 0.550. The number of rotatable bonds is 2. The van der Waals surface area contributed by atoms with E-state index in [4.69, 9.17) is 11.6 Å². The maximum atomic E-state index is 5.77. The molecule has 0 amide bonds. The molecule has 2 rings (SSSR count). The van der Waals surface area contributed by atoms with Crippen LogP contribution in [0, 0.1) is 6.92 Å². The van der Waals surface area contributed by atoms with Crippen LogP contribution in [0.15, 0.2) is 18.5 Å². The van der Waals surface area contributed by atoms with Gasteiger partial charge in [-0.25, -0.2) is 4.98 Å². The van der Waals surface area contributed by atoms with E-state index in [0.29, 0.717) is 5.88 Å². The maximum Gasteiger partial charge on any atom is 0.125 e. The number of hydrogen-bond acceptors (Lipinski definition) is 2. The zero-order chi connectivity index (χ0) is 9.26. The molecule has 0 aliphatic heterocycles. The Morgan fingerprint density at radius 1 is 1.62 bits per heavy atom. The topological polar surface area (TPSA) is 28.7 Å². The number of hydrogen-bond donors (Lipinski definition) is 1. The van der Waals surface area contributed by atoms with E-state index in [0.717, 1.165) is 21.1 Å². The van der Waals surface area contributed by atoms with E-state index in [1.54, 1.807) is 11.3 Å². The molecular formula is C9H9ClN2S. The van der Waals surface area contributed by atoms with E-state index < -0.39 is 0 Å². The van der Waals surface area contributed by atoms with Gasteiger partial charge in [-0.2, -0.15) is 0 Å². The van der Waals surface area contributed by atoms with Crippen molar-refractivity contribution in [2.75, 3.05) is 0 Å². The highest BCUT2D eigenvalue weighted by molar-refractivity contribution is 7.15. The second kappa shape index (κ2) is 3.52. The SMILES string of the molecule is Cc1nc(-c2cc[nH]c2)sc1CCl. The molecule has 4 heteroatoms. The van der Waals surface area contributed by atoms with E-state index in [-0.39, 0.29) is 0 Å². The Morgan fingerprint density at radius 2 is 2.46 bits per heavy atom. The third kappa shape index (κ3) is 1.62. The molecule has 0 aromatic carbocycles. The Kier molecular flexibility index (Phi) is 2.38. The summed E-state index contributed by atoms with van der Waals surface area (Å²) in [6, 6.07) is 2.01. The van der Waals surface area contributed by atoms with Crippen molar-refractivity contribution in [3.05, 3.63) is 29.0 Å². The molecule has 2 aromatic rings. The first kappa shape index (κ1) is 8.78. The quantitative estimate of drug-likeness (QED) is 0.762. The van der Waals surface area contributed by atoms with Crippen LogP contribution in [0.3, 0.4) is 0 Å². The fourth-order valence-electron chi connectivity index (χ4n) is 1.13. The minimum Gasteiger partial charge on any atom is -0.367 e.